The molecule has 0 radical (unpaired) electrons. The molecule has 1 atom stereocenters. The first-order valence-electron chi connectivity index (χ1n) is 15.9. The number of nitrogens with zero attached hydrogens (tertiary/aromatic N) is 6. The summed E-state index contributed by atoms with van der Waals surface area (Å²) in [4.78, 5) is 5.91. The van der Waals surface area contributed by atoms with Crippen molar-refractivity contribution in [1.29, 1.82) is 0 Å². The van der Waals surface area contributed by atoms with Crippen LogP contribution in [0.25, 0.3) is 33.3 Å². The maximum Gasteiger partial charge on any atom is 0.355 e. The highest BCUT2D eigenvalue weighted by molar-refractivity contribution is 7.93. The molecule has 0 unspecified atom stereocenters. The van der Waals surface area contributed by atoms with E-state index in [0.29, 0.717) is 59.2 Å². The lowest BCUT2D eigenvalue weighted by atomic mass is 10.0. The van der Waals surface area contributed by atoms with E-state index < -0.39 is 34.7 Å². The molecular weight excluding hydrogens is 621 g/mol. The monoisotopic (exact) mass is 657 g/mol. The van der Waals surface area contributed by atoms with Crippen LogP contribution in [-0.4, -0.2) is 63.7 Å². The van der Waals surface area contributed by atoms with Gasteiger partial charge in [0.15, 0.2) is 0 Å². The highest BCUT2D eigenvalue weighted by Crippen LogP contribution is 2.40. The average molecular weight is 658 g/mol. The molecule has 3 N–H and O–H groups in total. The number of nitrogens with one attached hydrogen (secondary N) is 1. The Morgan fingerprint density at radius 3 is 2.54 bits per heavy atom. The molecule has 1 aliphatic heterocycles. The number of hydrogen-bond acceptors (Lipinski definition) is 8. The summed E-state index contributed by atoms with van der Waals surface area (Å²) in [7, 11) is -3.32. The Bertz CT molecular complexity index is 2100. The third-order valence-electron chi connectivity index (χ3n) is 8.03. The van der Waals surface area contributed by atoms with Gasteiger partial charge in [-0.25, -0.2) is 17.8 Å². The van der Waals surface area contributed by atoms with Gasteiger partial charge < -0.3 is 15.4 Å². The summed E-state index contributed by atoms with van der Waals surface area (Å²) < 4.78 is 98.8. The number of rotatable bonds is 9. The predicted molar refractivity (Wildman–Crippen MR) is 169 cm³/mol. The number of sulfonamides is 1. The average Bonchev–Trinajstić information content (AvgIpc) is 3.68. The summed E-state index contributed by atoms with van der Waals surface area (Å²) in [5, 5.41) is 9.76. The maximum atomic E-state index is 13.5. The molecule has 1 aliphatic rings. The van der Waals surface area contributed by atoms with Crippen molar-refractivity contribution < 1.29 is 30.4 Å². The molecule has 6 rings (SSSR count). The van der Waals surface area contributed by atoms with E-state index >= 15 is 0 Å². The number of fused-ring (bicyclic) bond motifs is 1. The molecule has 0 saturated carbocycles. The number of alkyl halides is 2. The van der Waals surface area contributed by atoms with E-state index in [1.165, 1.54) is 47.4 Å². The van der Waals surface area contributed by atoms with Crippen LogP contribution in [0.4, 0.5) is 24.7 Å². The molecule has 1 fully saturated rings. The molecule has 1 saturated heterocycles. The number of nitrogens with two attached hydrogens (primary N) is 1. The standard InChI is InChI=1S/C31H33F3N8O3S/c1-18(19-4-7-22(32)8-5-19)45-26-14-20(6-9-25(26)39-46(43,44)31(33)34)28-27-29(41(3)38-28)24(16-36-30(27)35)21-15-37-42(17-21)23-10-12-40(2)13-11-23/h4-9,14-18,23,31,39H,10-13H2,1-3H3,(H2,35,36)/t18-/m0/s1/i2D3. The molecular formula is C31H33F3N8O3S. The minimum absolute atomic E-state index is 0.0170. The van der Waals surface area contributed by atoms with Crippen LogP contribution in [0.5, 0.6) is 5.75 Å². The van der Waals surface area contributed by atoms with Crippen LogP contribution in [0.1, 0.15) is 41.6 Å². The van der Waals surface area contributed by atoms with Gasteiger partial charge in [-0.05, 0) is 69.7 Å². The van der Waals surface area contributed by atoms with E-state index in [9.17, 15) is 21.6 Å². The number of benzene rings is 2. The molecule has 15 heteroatoms. The second-order valence-electron chi connectivity index (χ2n) is 11.1. The van der Waals surface area contributed by atoms with Crippen LogP contribution in [-0.2, 0) is 17.1 Å². The van der Waals surface area contributed by atoms with Crippen molar-refractivity contribution >= 4 is 32.4 Å². The lowest BCUT2D eigenvalue weighted by Gasteiger charge is -2.28. The van der Waals surface area contributed by atoms with E-state index in [0.717, 1.165) is 5.56 Å². The van der Waals surface area contributed by atoms with Gasteiger partial charge in [0.25, 0.3) is 10.0 Å². The molecule has 2 aromatic carbocycles. The second-order valence-corrected chi connectivity index (χ2v) is 12.8. The summed E-state index contributed by atoms with van der Waals surface area (Å²) in [6.07, 6.45) is 5.70. The van der Waals surface area contributed by atoms with Gasteiger partial charge in [0.2, 0.25) is 0 Å². The molecule has 242 valence electrons. The minimum Gasteiger partial charge on any atom is -0.484 e. The summed E-state index contributed by atoms with van der Waals surface area (Å²) in [6, 6.07) is 9.74. The Morgan fingerprint density at radius 2 is 1.85 bits per heavy atom. The van der Waals surface area contributed by atoms with Crippen LogP contribution >= 0.6 is 0 Å². The first kappa shape index (κ1) is 27.7. The molecule has 0 aliphatic carbocycles. The second kappa shape index (κ2) is 12.3. The van der Waals surface area contributed by atoms with Gasteiger partial charge in [0.05, 0.1) is 28.8 Å². The van der Waals surface area contributed by atoms with E-state index in [4.69, 9.17) is 19.7 Å². The van der Waals surface area contributed by atoms with Crippen LogP contribution < -0.4 is 15.2 Å². The topological polar surface area (TPSA) is 133 Å². The molecule has 0 bridgehead atoms. The number of pyridine rings is 1. The number of halogens is 3. The van der Waals surface area contributed by atoms with Crippen molar-refractivity contribution in [1.82, 2.24) is 29.4 Å². The van der Waals surface area contributed by atoms with Gasteiger partial charge in [-0.1, -0.05) is 18.2 Å². The number of anilines is 2. The van der Waals surface area contributed by atoms with E-state index in [2.05, 4.69) is 10.1 Å². The first-order chi connectivity index (χ1) is 23.1. The Hall–Kier alpha value is -4.63. The SMILES string of the molecule is [2H]C([2H])([2H])N1CCC(n2cc(-c3cnc(N)c4c(-c5ccc(NS(=O)(=O)C(F)F)c(O[C@@H](C)c6ccc(F)cc6)c5)nn(C)c34)cn2)CC1. The number of aryl methyl sites for hydroxylation is 1. The highest BCUT2D eigenvalue weighted by atomic mass is 32.2. The van der Waals surface area contributed by atoms with Crippen LogP contribution in [0.15, 0.2) is 61.1 Å². The third kappa shape index (κ3) is 6.11. The van der Waals surface area contributed by atoms with Crippen molar-refractivity contribution in [3.63, 3.8) is 0 Å². The predicted octanol–water partition coefficient (Wildman–Crippen LogP) is 5.59. The Morgan fingerprint density at radius 1 is 1.11 bits per heavy atom. The van der Waals surface area contributed by atoms with Gasteiger partial charge in [-0.15, -0.1) is 0 Å². The van der Waals surface area contributed by atoms with Crippen LogP contribution in [0.2, 0.25) is 0 Å². The largest absolute Gasteiger partial charge is 0.484 e. The lowest BCUT2D eigenvalue weighted by Crippen LogP contribution is -2.31. The van der Waals surface area contributed by atoms with Crippen LogP contribution in [0.3, 0.4) is 0 Å². The Balaban J connectivity index is 1.37. The van der Waals surface area contributed by atoms with Crippen molar-refractivity contribution in [2.24, 2.45) is 7.05 Å². The van der Waals surface area contributed by atoms with Crippen molar-refractivity contribution in [2.75, 3.05) is 30.5 Å². The zero-order valence-electron chi connectivity index (χ0n) is 27.9. The quantitative estimate of drug-likeness (QED) is 0.210. The Kier molecular flexibility index (Phi) is 7.39. The fourth-order valence-electron chi connectivity index (χ4n) is 5.60. The molecule has 5 aromatic rings. The van der Waals surface area contributed by atoms with Gasteiger partial charge in [0.1, 0.15) is 29.2 Å². The van der Waals surface area contributed by atoms with E-state index in [1.54, 1.807) is 31.0 Å². The molecule has 46 heavy (non-hydrogen) atoms. The lowest BCUT2D eigenvalue weighted by molar-refractivity contribution is 0.212. The summed E-state index contributed by atoms with van der Waals surface area (Å²) in [6.45, 7) is 0.358. The molecule has 4 heterocycles. The number of nitrogen functional groups attached to an aromatic ring is 1. The number of hydrogen-bond donors (Lipinski definition) is 2. The van der Waals surface area contributed by atoms with E-state index in [-0.39, 0.29) is 23.3 Å². The van der Waals surface area contributed by atoms with Crippen LogP contribution in [0, 0.1) is 5.82 Å². The summed E-state index contributed by atoms with van der Waals surface area (Å²) >= 11 is 0. The fourth-order valence-corrected chi connectivity index (χ4v) is 6.16. The van der Waals surface area contributed by atoms with Gasteiger partial charge in [0, 0.05) is 40.2 Å². The van der Waals surface area contributed by atoms with Gasteiger partial charge in [-0.3, -0.25) is 14.1 Å². The Labute approximate surface area is 268 Å². The fraction of sp³-hybridized carbons (Fsp3) is 0.323. The summed E-state index contributed by atoms with van der Waals surface area (Å²) in [5.74, 6) is -4.06. The smallest absolute Gasteiger partial charge is 0.355 e. The maximum absolute atomic E-state index is 13.5. The number of ether oxygens (including phenoxy) is 1. The summed E-state index contributed by atoms with van der Waals surface area (Å²) in [5.41, 5.74) is 9.57. The van der Waals surface area contributed by atoms with Gasteiger partial charge >= 0.3 is 5.76 Å². The first-order valence-corrected chi connectivity index (χ1v) is 15.9. The molecule has 0 spiro atoms. The number of likely N-dealkylation sites (tertiary alicyclic amines) is 1. The number of piperidine rings is 1. The minimum atomic E-state index is -5.04. The van der Waals surface area contributed by atoms with E-state index in [1.807, 2.05) is 15.6 Å². The number of aromatic nitrogens is 5. The van der Waals surface area contributed by atoms with Crippen molar-refractivity contribution in [3.8, 4) is 28.1 Å². The molecule has 3 aromatic heterocycles. The van der Waals surface area contributed by atoms with Crippen molar-refractivity contribution in [3.05, 3.63) is 72.4 Å². The zero-order valence-corrected chi connectivity index (χ0v) is 25.7. The molecule has 0 amide bonds. The normalized spacial score (nSPS) is 16.7. The highest BCUT2D eigenvalue weighted by Gasteiger charge is 2.27. The van der Waals surface area contributed by atoms with Gasteiger partial charge in [-0.2, -0.15) is 19.0 Å². The third-order valence-corrected chi connectivity index (χ3v) is 9.00. The molecule has 11 nitrogen and oxygen atoms in total. The van der Waals surface area contributed by atoms with Crippen molar-refractivity contribution in [2.45, 2.75) is 37.7 Å². The zero-order chi connectivity index (χ0) is 35.2.